The Morgan fingerprint density at radius 3 is 2.33 bits per heavy atom. The van der Waals surface area contributed by atoms with Crippen molar-refractivity contribution in [1.29, 1.82) is 0 Å². The second-order valence-corrected chi connectivity index (χ2v) is 5.05. The fourth-order valence-electron chi connectivity index (χ4n) is 1.36. The smallest absolute Gasteiger partial charge is 0.237 e. The number of rotatable bonds is 5. The summed E-state index contributed by atoms with van der Waals surface area (Å²) in [6.07, 6.45) is 0. The van der Waals surface area contributed by atoms with Crippen molar-refractivity contribution in [1.82, 2.24) is 0 Å². The maximum atomic E-state index is 11.7. The highest BCUT2D eigenvalue weighted by molar-refractivity contribution is 7.92. The zero-order valence-corrected chi connectivity index (χ0v) is 9.44. The molecule has 0 fully saturated rings. The zero-order valence-electron chi connectivity index (χ0n) is 8.63. The molecule has 0 aliphatic carbocycles. The van der Waals surface area contributed by atoms with E-state index in [4.69, 9.17) is 5.11 Å². The average molecular weight is 229 g/mol. The van der Waals surface area contributed by atoms with E-state index >= 15 is 0 Å². The van der Waals surface area contributed by atoms with Crippen LogP contribution in [0.15, 0.2) is 30.3 Å². The molecule has 0 aromatic heterocycles. The minimum atomic E-state index is -3.39. The Morgan fingerprint density at radius 1 is 1.27 bits per heavy atom. The van der Waals surface area contributed by atoms with Gasteiger partial charge >= 0.3 is 0 Å². The molecule has 4 nitrogen and oxygen atoms in total. The van der Waals surface area contributed by atoms with Gasteiger partial charge in [0.2, 0.25) is 10.0 Å². The molecule has 84 valence electrons. The number of sulfonamides is 1. The minimum absolute atomic E-state index is 0.240. The molecular weight excluding hydrogens is 214 g/mol. The molecule has 0 amide bonds. The van der Waals surface area contributed by atoms with Crippen molar-refractivity contribution in [3.63, 3.8) is 0 Å². The van der Waals surface area contributed by atoms with Crippen molar-refractivity contribution in [2.24, 2.45) is 0 Å². The van der Waals surface area contributed by atoms with Gasteiger partial charge in [0.1, 0.15) is 0 Å². The van der Waals surface area contributed by atoms with Crippen molar-refractivity contribution in [2.75, 3.05) is 23.2 Å². The van der Waals surface area contributed by atoms with Gasteiger partial charge in [-0.1, -0.05) is 18.2 Å². The lowest BCUT2D eigenvalue weighted by Gasteiger charge is -2.22. The van der Waals surface area contributed by atoms with Gasteiger partial charge in [0, 0.05) is 6.54 Å². The van der Waals surface area contributed by atoms with E-state index in [0.29, 0.717) is 12.2 Å². The molecule has 1 aromatic rings. The molecule has 0 bridgehead atoms. The van der Waals surface area contributed by atoms with Gasteiger partial charge in [-0.05, 0) is 19.1 Å². The molecule has 5 heteroatoms. The fourth-order valence-corrected chi connectivity index (χ4v) is 2.65. The Labute approximate surface area is 90.2 Å². The number of nitrogens with zero attached hydrogens (tertiary/aromatic N) is 1. The molecule has 0 aliphatic rings. The summed E-state index contributed by atoms with van der Waals surface area (Å²) < 4.78 is 24.8. The Bertz CT molecular complexity index is 388. The topological polar surface area (TPSA) is 57.6 Å². The molecular formula is C10H15NO3S. The van der Waals surface area contributed by atoms with E-state index in [2.05, 4.69) is 0 Å². The maximum Gasteiger partial charge on any atom is 0.237 e. The molecule has 0 saturated carbocycles. The fraction of sp³-hybridized carbons (Fsp3) is 0.400. The van der Waals surface area contributed by atoms with Gasteiger partial charge in [0.05, 0.1) is 18.0 Å². The van der Waals surface area contributed by atoms with Crippen LogP contribution in [0.5, 0.6) is 0 Å². The molecule has 0 unspecified atom stereocenters. The standard InChI is InChI=1S/C10H15NO3S/c1-2-11(15(13,14)9-8-12)10-6-4-3-5-7-10/h3-7,12H,2,8-9H2,1H3. The summed E-state index contributed by atoms with van der Waals surface area (Å²) in [5.74, 6) is -0.240. The van der Waals surface area contributed by atoms with Crippen LogP contribution in [0.2, 0.25) is 0 Å². The first-order valence-corrected chi connectivity index (χ1v) is 6.39. The quantitative estimate of drug-likeness (QED) is 0.813. The first kappa shape index (κ1) is 12.0. The molecule has 0 saturated heterocycles. The second kappa shape index (κ2) is 5.14. The van der Waals surface area contributed by atoms with E-state index < -0.39 is 10.0 Å². The lowest BCUT2D eigenvalue weighted by Crippen LogP contribution is -2.33. The normalized spacial score (nSPS) is 11.3. The number of aliphatic hydroxyl groups is 1. The van der Waals surface area contributed by atoms with Crippen LogP contribution in [0.4, 0.5) is 5.69 Å². The molecule has 0 radical (unpaired) electrons. The third-order valence-electron chi connectivity index (χ3n) is 2.02. The molecule has 0 aliphatic heterocycles. The molecule has 1 rings (SSSR count). The average Bonchev–Trinajstić information content (AvgIpc) is 2.19. The van der Waals surface area contributed by atoms with Crippen LogP contribution in [0.1, 0.15) is 6.92 Å². The van der Waals surface area contributed by atoms with Crippen LogP contribution in [0, 0.1) is 0 Å². The molecule has 1 N–H and O–H groups in total. The maximum absolute atomic E-state index is 11.7. The third kappa shape index (κ3) is 2.94. The summed E-state index contributed by atoms with van der Waals surface area (Å²) >= 11 is 0. The number of hydrogen-bond acceptors (Lipinski definition) is 3. The van der Waals surface area contributed by atoms with Crippen LogP contribution >= 0.6 is 0 Å². The Balaban J connectivity index is 3.00. The Kier molecular flexibility index (Phi) is 4.11. The van der Waals surface area contributed by atoms with E-state index in [-0.39, 0.29) is 12.4 Å². The highest BCUT2D eigenvalue weighted by atomic mass is 32.2. The Hall–Kier alpha value is -1.07. The second-order valence-electron chi connectivity index (χ2n) is 3.04. The largest absolute Gasteiger partial charge is 0.395 e. The summed E-state index contributed by atoms with van der Waals surface area (Å²) in [6.45, 7) is 1.78. The van der Waals surface area contributed by atoms with Crippen molar-refractivity contribution < 1.29 is 13.5 Å². The van der Waals surface area contributed by atoms with Gasteiger partial charge in [-0.25, -0.2) is 8.42 Å². The van der Waals surface area contributed by atoms with E-state index in [1.807, 2.05) is 6.07 Å². The van der Waals surface area contributed by atoms with Crippen molar-refractivity contribution in [3.8, 4) is 0 Å². The predicted octanol–water partition coefficient (Wildman–Crippen LogP) is 0.835. The van der Waals surface area contributed by atoms with Crippen molar-refractivity contribution >= 4 is 15.7 Å². The highest BCUT2D eigenvalue weighted by Crippen LogP contribution is 2.16. The summed E-state index contributed by atoms with van der Waals surface area (Å²) in [5, 5.41) is 8.69. The lowest BCUT2D eigenvalue weighted by molar-refractivity contribution is 0.319. The van der Waals surface area contributed by atoms with Crippen LogP contribution in [-0.2, 0) is 10.0 Å². The van der Waals surface area contributed by atoms with Gasteiger partial charge in [-0.3, -0.25) is 4.31 Å². The summed E-state index contributed by atoms with van der Waals surface area (Å²) in [5.41, 5.74) is 0.633. The molecule has 15 heavy (non-hydrogen) atoms. The predicted molar refractivity (Wildman–Crippen MR) is 60.3 cm³/mol. The number of benzene rings is 1. The van der Waals surface area contributed by atoms with Crippen LogP contribution in [0.3, 0.4) is 0 Å². The molecule has 1 aromatic carbocycles. The number of aliphatic hydroxyl groups excluding tert-OH is 1. The van der Waals surface area contributed by atoms with Crippen molar-refractivity contribution in [3.05, 3.63) is 30.3 Å². The molecule has 0 heterocycles. The van der Waals surface area contributed by atoms with Crippen LogP contribution in [0.25, 0.3) is 0 Å². The Morgan fingerprint density at radius 2 is 1.87 bits per heavy atom. The van der Waals surface area contributed by atoms with Crippen LogP contribution in [-0.4, -0.2) is 32.4 Å². The zero-order chi connectivity index (χ0) is 11.3. The number of hydrogen-bond donors (Lipinski definition) is 1. The number of para-hydroxylation sites is 1. The van der Waals surface area contributed by atoms with Gasteiger partial charge in [-0.2, -0.15) is 0 Å². The summed E-state index contributed by atoms with van der Waals surface area (Å²) in [7, 11) is -3.39. The van der Waals surface area contributed by atoms with Gasteiger partial charge in [0.25, 0.3) is 0 Å². The van der Waals surface area contributed by atoms with Crippen LogP contribution < -0.4 is 4.31 Å². The summed E-state index contributed by atoms with van der Waals surface area (Å²) in [4.78, 5) is 0. The molecule has 0 atom stereocenters. The first-order chi connectivity index (χ1) is 7.11. The van der Waals surface area contributed by atoms with E-state index in [1.165, 1.54) is 4.31 Å². The monoisotopic (exact) mass is 229 g/mol. The molecule has 0 spiro atoms. The lowest BCUT2D eigenvalue weighted by atomic mass is 10.3. The minimum Gasteiger partial charge on any atom is -0.395 e. The van der Waals surface area contributed by atoms with Gasteiger partial charge in [0.15, 0.2) is 0 Å². The van der Waals surface area contributed by atoms with Gasteiger partial charge in [-0.15, -0.1) is 0 Å². The highest BCUT2D eigenvalue weighted by Gasteiger charge is 2.19. The number of anilines is 1. The first-order valence-electron chi connectivity index (χ1n) is 4.78. The van der Waals surface area contributed by atoms with E-state index in [0.717, 1.165) is 0 Å². The third-order valence-corrected chi connectivity index (χ3v) is 3.86. The van der Waals surface area contributed by atoms with Gasteiger partial charge < -0.3 is 5.11 Å². The van der Waals surface area contributed by atoms with Crippen molar-refractivity contribution in [2.45, 2.75) is 6.92 Å². The van der Waals surface area contributed by atoms with E-state index in [9.17, 15) is 8.42 Å². The SMILES string of the molecule is CCN(c1ccccc1)S(=O)(=O)CCO. The van der Waals surface area contributed by atoms with E-state index in [1.54, 1.807) is 31.2 Å². The summed E-state index contributed by atoms with van der Waals surface area (Å²) in [6, 6.07) is 8.87.